The van der Waals surface area contributed by atoms with Crippen molar-refractivity contribution >= 4 is 113 Å². The van der Waals surface area contributed by atoms with E-state index in [2.05, 4.69) is 151 Å². The van der Waals surface area contributed by atoms with E-state index in [4.69, 9.17) is 40.0 Å². The Bertz CT molecular complexity index is 2530. The van der Waals surface area contributed by atoms with Crippen LogP contribution in [0.3, 0.4) is 0 Å². The summed E-state index contributed by atoms with van der Waals surface area (Å²) in [4.78, 5) is 0. The van der Waals surface area contributed by atoms with Gasteiger partial charge in [0.2, 0.25) is 0 Å². The zero-order valence-electron chi connectivity index (χ0n) is 37.9. The maximum absolute atomic E-state index is 6.96. The summed E-state index contributed by atoms with van der Waals surface area (Å²) in [5, 5.41) is 9.51. The van der Waals surface area contributed by atoms with Gasteiger partial charge in [0, 0.05) is 21.5 Å². The van der Waals surface area contributed by atoms with Gasteiger partial charge >= 0.3 is 16.5 Å². The predicted molar refractivity (Wildman–Crippen MR) is 260 cm³/mol. The third-order valence-electron chi connectivity index (χ3n) is 11.6. The summed E-state index contributed by atoms with van der Waals surface area (Å²) in [6, 6.07) is 26.3. The van der Waals surface area contributed by atoms with Crippen LogP contribution in [0.1, 0.15) is 20.8 Å². The summed E-state index contributed by atoms with van der Waals surface area (Å²) in [5.74, 6) is -0.876. The molecule has 0 aliphatic carbocycles. The lowest BCUT2D eigenvalue weighted by Crippen LogP contribution is -2.44. The molecule has 4 heterocycles. The van der Waals surface area contributed by atoms with Gasteiger partial charge in [-0.2, -0.15) is 0 Å². The van der Waals surface area contributed by atoms with Gasteiger partial charge in [0.15, 0.2) is 12.1 Å². The van der Waals surface area contributed by atoms with Crippen LogP contribution in [0.15, 0.2) is 89.6 Å². The van der Waals surface area contributed by atoms with Crippen molar-refractivity contribution < 1.29 is 40.0 Å². The number of ether oxygens (including phenoxy) is 3. The number of fused-ring (bicyclic) bond motifs is 7. The molecule has 4 aromatic carbocycles. The van der Waals surface area contributed by atoms with Crippen molar-refractivity contribution in [3.63, 3.8) is 0 Å². The van der Waals surface area contributed by atoms with E-state index in [-0.39, 0.29) is 0 Å². The van der Waals surface area contributed by atoms with Gasteiger partial charge in [-0.05, 0) is 45.0 Å². The second-order valence-electron chi connectivity index (χ2n) is 21.1. The highest BCUT2D eigenvalue weighted by Crippen LogP contribution is 2.44. The topological polar surface area (TPSA) is 98.7 Å². The van der Waals surface area contributed by atoms with E-state index in [1.54, 1.807) is 0 Å². The van der Waals surface area contributed by atoms with Crippen LogP contribution in [0.25, 0.3) is 43.9 Å². The van der Waals surface area contributed by atoms with Gasteiger partial charge in [0.1, 0.15) is 40.6 Å². The first-order chi connectivity index (χ1) is 27.8. The van der Waals surface area contributed by atoms with Crippen LogP contribution in [0.2, 0.25) is 78.6 Å². The summed E-state index contributed by atoms with van der Waals surface area (Å²) >= 11 is 0. The molecule has 0 radical (unpaired) electrons. The van der Waals surface area contributed by atoms with Gasteiger partial charge in [0.25, 0.3) is 0 Å². The minimum absolute atomic E-state index is 0.568. The molecule has 9 nitrogen and oxygen atoms in total. The second kappa shape index (κ2) is 15.6. The number of hydrogen-bond donors (Lipinski definition) is 0. The highest BCUT2D eigenvalue weighted by Gasteiger charge is 2.58. The molecule has 8 rings (SSSR count). The molecule has 2 aliphatic heterocycles. The quantitative estimate of drug-likeness (QED) is 0.131. The number of hydrogen-bond acceptors (Lipinski definition) is 9. The lowest BCUT2D eigenvalue weighted by Gasteiger charge is -2.27. The molecule has 0 N–H and O–H groups in total. The normalized spacial score (nSPS) is 21.6. The molecule has 5 atom stereocenters. The zero-order chi connectivity index (χ0) is 43.3. The van der Waals surface area contributed by atoms with Gasteiger partial charge < -0.3 is 31.0 Å². The molecular weight excluding hydrogens is 859 g/mol. The maximum Gasteiger partial charge on any atom is 0.387 e. The average Bonchev–Trinajstić information content (AvgIpc) is 3.48. The molecule has 2 aliphatic rings. The first-order valence-corrected chi connectivity index (χ1v) is 37.3. The van der Waals surface area contributed by atoms with E-state index < -0.39 is 85.3 Å². The van der Waals surface area contributed by atoms with Crippen LogP contribution in [0.5, 0.6) is 0 Å². The molecule has 2 fully saturated rings. The molecule has 0 spiro atoms. The summed E-state index contributed by atoms with van der Waals surface area (Å²) < 4.78 is 60.0. The Morgan fingerprint density at radius 3 is 1.22 bits per heavy atom. The van der Waals surface area contributed by atoms with Crippen molar-refractivity contribution in [3.8, 4) is 0 Å². The second-order valence-corrected chi connectivity index (χ2v) is 43.5. The Kier molecular flexibility index (Phi) is 11.4. The summed E-state index contributed by atoms with van der Waals surface area (Å²) in [6.07, 6.45) is -3.15. The molecule has 2 aromatic heterocycles. The minimum Gasteiger partial charge on any atom is -0.399 e. The molecule has 60 heavy (non-hydrogen) atoms. The van der Waals surface area contributed by atoms with Crippen molar-refractivity contribution in [2.45, 2.75) is 136 Å². The predicted octanol–water partition coefficient (Wildman–Crippen LogP) is 11.3. The fourth-order valence-corrected chi connectivity index (χ4v) is 14.9. The molecule has 6 aromatic rings. The van der Waals surface area contributed by atoms with Gasteiger partial charge in [-0.1, -0.05) is 148 Å². The minimum atomic E-state index is -1.98. The summed E-state index contributed by atoms with van der Waals surface area (Å²) in [6.45, 7) is 34.1. The van der Waals surface area contributed by atoms with Crippen LogP contribution >= 0.6 is 16.5 Å². The van der Waals surface area contributed by atoms with Crippen molar-refractivity contribution in [2.24, 2.45) is 0 Å². The lowest BCUT2D eigenvalue weighted by molar-refractivity contribution is -0.218. The number of benzene rings is 4. The fraction of sp³-hybridized carbons (Fsp3) is 0.467. The lowest BCUT2D eigenvalue weighted by atomic mass is 10.1. The Morgan fingerprint density at radius 2 is 0.867 bits per heavy atom. The van der Waals surface area contributed by atoms with E-state index >= 15 is 0 Å². The van der Waals surface area contributed by atoms with Crippen LogP contribution in [-0.4, -0.2) is 68.8 Å². The Labute approximate surface area is 360 Å². The smallest absolute Gasteiger partial charge is 0.387 e. The first kappa shape index (κ1) is 44.0. The molecule has 322 valence electrons. The standard InChI is InChI=1S/C45H62O9P2Si4/c1-28(49-55-50-37-20-16-29(57(4,5)6)24-33(37)34-25-30(58(7,8)9)17-21-38(34)51-55)41-42(43-44(46-41)48-45(2,3)47-43)54-56-52-39-22-18-31(59(10,11)12)26-35(39)36-27-32(60(13,14)15)19-23-40(36)53-56/h16-28,41-44H,1-15H3/t28-,41-,42-,43-,44-/m1/s1. The largest absolute Gasteiger partial charge is 0.399 e. The Morgan fingerprint density at radius 1 is 0.517 bits per heavy atom. The summed E-state index contributed by atoms with van der Waals surface area (Å²) in [5.41, 5.74) is 2.93. The van der Waals surface area contributed by atoms with Crippen LogP contribution in [0, 0.1) is 0 Å². The molecule has 0 bridgehead atoms. The SMILES string of the molecule is C[C@@H](Op1oc2ccc([Si](C)(C)C)cc2c2cc([Si](C)(C)C)ccc2o1)[C@H]1O[C@@H]2OC(C)(C)O[C@@H]2[C@@H]1Op1oc2ccc([Si](C)(C)C)cc2c2cc([Si](C)(C)C)ccc2o1. The molecule has 0 saturated carbocycles. The molecule has 0 amide bonds. The highest BCUT2D eigenvalue weighted by atomic mass is 31.1. The average molecular weight is 921 g/mol. The van der Waals surface area contributed by atoms with Crippen molar-refractivity contribution in [2.75, 3.05) is 0 Å². The Hall–Kier alpha value is -2.65. The van der Waals surface area contributed by atoms with Gasteiger partial charge in [-0.3, -0.25) is 9.05 Å². The third-order valence-corrected chi connectivity index (χ3v) is 22.1. The van der Waals surface area contributed by atoms with Gasteiger partial charge in [-0.25, -0.2) is 0 Å². The molecule has 2 saturated heterocycles. The van der Waals surface area contributed by atoms with Crippen molar-refractivity contribution in [3.05, 3.63) is 72.8 Å². The fourth-order valence-electron chi connectivity index (χ4n) is 7.89. The van der Waals surface area contributed by atoms with Crippen molar-refractivity contribution in [1.29, 1.82) is 0 Å². The van der Waals surface area contributed by atoms with Crippen LogP contribution < -0.4 is 29.8 Å². The highest BCUT2D eigenvalue weighted by molar-refractivity contribution is 7.32. The van der Waals surface area contributed by atoms with E-state index in [0.29, 0.717) is 0 Å². The molecular formula is C45H62O9P2Si4. The maximum atomic E-state index is 6.96. The number of rotatable bonds is 9. The molecule has 0 unspecified atom stereocenters. The monoisotopic (exact) mass is 920 g/mol. The zero-order valence-corrected chi connectivity index (χ0v) is 43.7. The van der Waals surface area contributed by atoms with Crippen LogP contribution in [0.4, 0.5) is 0 Å². The van der Waals surface area contributed by atoms with E-state index in [0.717, 1.165) is 43.9 Å². The van der Waals surface area contributed by atoms with E-state index in [1.165, 1.54) is 20.7 Å². The first-order valence-electron chi connectivity index (χ1n) is 21.1. The van der Waals surface area contributed by atoms with Crippen molar-refractivity contribution in [1.82, 2.24) is 0 Å². The summed E-state index contributed by atoms with van der Waals surface area (Å²) in [7, 11) is -10.5. The molecule has 15 heteroatoms. The Balaban J connectivity index is 1.21. The van der Waals surface area contributed by atoms with Crippen LogP contribution in [-0.2, 0) is 14.2 Å². The third kappa shape index (κ3) is 8.92. The van der Waals surface area contributed by atoms with E-state index in [9.17, 15) is 0 Å². The van der Waals surface area contributed by atoms with Gasteiger partial charge in [0.05, 0.1) is 38.4 Å². The van der Waals surface area contributed by atoms with E-state index in [1.807, 2.05) is 20.8 Å². The van der Waals surface area contributed by atoms with Gasteiger partial charge in [-0.15, -0.1) is 0 Å².